The van der Waals surface area contributed by atoms with Gasteiger partial charge in [-0.25, -0.2) is 4.98 Å². The van der Waals surface area contributed by atoms with Crippen LogP contribution >= 0.6 is 23.1 Å². The lowest BCUT2D eigenvalue weighted by atomic mass is 10.3. The number of aromatic nitrogens is 1. The number of hydrogen-bond acceptors (Lipinski definition) is 4. The van der Waals surface area contributed by atoms with Crippen molar-refractivity contribution in [3.8, 4) is 0 Å². The molecule has 4 heteroatoms. The van der Waals surface area contributed by atoms with Crippen molar-refractivity contribution in [1.29, 1.82) is 0 Å². The van der Waals surface area contributed by atoms with E-state index in [1.54, 1.807) is 11.3 Å². The summed E-state index contributed by atoms with van der Waals surface area (Å²) in [5.41, 5.74) is 1.11. The Hall–Kier alpha value is -0.580. The first-order chi connectivity index (χ1) is 7.29. The van der Waals surface area contributed by atoms with E-state index in [2.05, 4.69) is 35.4 Å². The molecule has 80 valence electrons. The molecule has 0 bridgehead atoms. The van der Waals surface area contributed by atoms with E-state index in [-0.39, 0.29) is 0 Å². The predicted molar refractivity (Wildman–Crippen MR) is 68.9 cm³/mol. The third-order valence-corrected chi connectivity index (χ3v) is 4.30. The van der Waals surface area contributed by atoms with Crippen LogP contribution in [0, 0.1) is 0 Å². The zero-order valence-electron chi connectivity index (χ0n) is 8.86. The fourth-order valence-corrected chi connectivity index (χ4v) is 3.80. The molecular formula is C11H14N2S2. The second-order valence-corrected chi connectivity index (χ2v) is 6.15. The maximum atomic E-state index is 4.59. The van der Waals surface area contributed by atoms with Crippen LogP contribution in [0.2, 0.25) is 0 Å². The van der Waals surface area contributed by atoms with Crippen LogP contribution in [-0.4, -0.2) is 23.8 Å². The van der Waals surface area contributed by atoms with E-state index in [0.29, 0.717) is 5.25 Å². The van der Waals surface area contributed by atoms with E-state index in [9.17, 15) is 0 Å². The molecule has 0 amide bonds. The van der Waals surface area contributed by atoms with Crippen molar-refractivity contribution in [1.82, 2.24) is 10.3 Å². The number of thioether (sulfide) groups is 1. The van der Waals surface area contributed by atoms with E-state index >= 15 is 0 Å². The Bertz CT molecular complexity index is 406. The minimum atomic E-state index is 0.565. The number of nitrogens with zero attached hydrogens (tertiary/aromatic N) is 1. The van der Waals surface area contributed by atoms with Gasteiger partial charge in [0.2, 0.25) is 0 Å². The summed E-state index contributed by atoms with van der Waals surface area (Å²) in [7, 11) is 1.98. The lowest BCUT2D eigenvalue weighted by Gasteiger charge is -2.06. The van der Waals surface area contributed by atoms with Gasteiger partial charge < -0.3 is 5.32 Å². The van der Waals surface area contributed by atoms with Crippen LogP contribution in [0.5, 0.6) is 0 Å². The van der Waals surface area contributed by atoms with Gasteiger partial charge in [-0.15, -0.1) is 11.3 Å². The highest BCUT2D eigenvalue weighted by Crippen LogP contribution is 2.31. The second kappa shape index (κ2) is 4.96. The van der Waals surface area contributed by atoms with Crippen molar-refractivity contribution >= 4 is 33.3 Å². The van der Waals surface area contributed by atoms with Gasteiger partial charge in [0, 0.05) is 11.8 Å². The molecule has 0 aliphatic heterocycles. The molecule has 0 radical (unpaired) electrons. The third-order valence-electron chi connectivity index (χ3n) is 2.07. The van der Waals surface area contributed by atoms with Gasteiger partial charge in [0.1, 0.15) is 0 Å². The molecule has 2 rings (SSSR count). The largest absolute Gasteiger partial charge is 0.319 e. The van der Waals surface area contributed by atoms with Crippen molar-refractivity contribution in [3.63, 3.8) is 0 Å². The van der Waals surface area contributed by atoms with Gasteiger partial charge in [-0.05, 0) is 19.2 Å². The fraction of sp³-hybridized carbons (Fsp3) is 0.364. The molecule has 1 unspecified atom stereocenters. The van der Waals surface area contributed by atoms with Crippen molar-refractivity contribution in [2.75, 3.05) is 13.6 Å². The molecule has 1 aromatic carbocycles. The van der Waals surface area contributed by atoms with Gasteiger partial charge in [-0.3, -0.25) is 0 Å². The lowest BCUT2D eigenvalue weighted by molar-refractivity contribution is 0.785. The molecule has 0 aliphatic rings. The van der Waals surface area contributed by atoms with E-state index < -0.39 is 0 Å². The average molecular weight is 238 g/mol. The molecule has 0 spiro atoms. The molecule has 15 heavy (non-hydrogen) atoms. The van der Waals surface area contributed by atoms with Crippen LogP contribution in [0.25, 0.3) is 10.2 Å². The molecular weight excluding hydrogens is 224 g/mol. The Morgan fingerprint density at radius 1 is 1.47 bits per heavy atom. The number of benzene rings is 1. The van der Waals surface area contributed by atoms with Gasteiger partial charge in [0.15, 0.2) is 4.34 Å². The Balaban J connectivity index is 2.15. The molecule has 1 aromatic heterocycles. The minimum absolute atomic E-state index is 0.565. The van der Waals surface area contributed by atoms with Crippen LogP contribution in [0.3, 0.4) is 0 Å². The Morgan fingerprint density at radius 2 is 2.27 bits per heavy atom. The molecule has 0 fully saturated rings. The Labute approximate surface area is 98.1 Å². The SMILES string of the molecule is CNCC(C)Sc1nc2ccccc2s1. The van der Waals surface area contributed by atoms with Crippen molar-refractivity contribution in [2.45, 2.75) is 16.5 Å². The lowest BCUT2D eigenvalue weighted by Crippen LogP contribution is -2.17. The van der Waals surface area contributed by atoms with E-state index in [1.165, 1.54) is 9.04 Å². The Morgan fingerprint density at radius 3 is 3.00 bits per heavy atom. The first-order valence-corrected chi connectivity index (χ1v) is 6.66. The first kappa shape index (κ1) is 10.9. The number of thiazole rings is 1. The third kappa shape index (κ3) is 2.71. The highest BCUT2D eigenvalue weighted by Gasteiger charge is 2.07. The van der Waals surface area contributed by atoms with Gasteiger partial charge in [-0.2, -0.15) is 0 Å². The van der Waals surface area contributed by atoms with Gasteiger partial charge in [0.25, 0.3) is 0 Å². The van der Waals surface area contributed by atoms with Crippen LogP contribution in [0.1, 0.15) is 6.92 Å². The molecule has 1 N–H and O–H groups in total. The van der Waals surface area contributed by atoms with Crippen LogP contribution < -0.4 is 5.32 Å². The molecule has 1 atom stereocenters. The quantitative estimate of drug-likeness (QED) is 0.829. The summed E-state index contributed by atoms with van der Waals surface area (Å²) in [4.78, 5) is 4.59. The van der Waals surface area contributed by atoms with Gasteiger partial charge >= 0.3 is 0 Å². The molecule has 0 saturated carbocycles. The molecule has 2 aromatic rings. The van der Waals surface area contributed by atoms with Gasteiger partial charge in [0.05, 0.1) is 10.2 Å². The predicted octanol–water partition coefficient (Wildman–Crippen LogP) is 3.00. The summed E-state index contributed by atoms with van der Waals surface area (Å²) in [5.74, 6) is 0. The standard InChI is InChI=1S/C11H14N2S2/c1-8(7-12-2)14-11-13-9-5-3-4-6-10(9)15-11/h3-6,8,12H,7H2,1-2H3. The van der Waals surface area contributed by atoms with E-state index in [1.807, 2.05) is 24.9 Å². The van der Waals surface area contributed by atoms with Crippen LogP contribution in [0.4, 0.5) is 0 Å². The number of rotatable bonds is 4. The summed E-state index contributed by atoms with van der Waals surface area (Å²) in [6.45, 7) is 3.23. The Kier molecular flexibility index (Phi) is 3.61. The van der Waals surface area contributed by atoms with E-state index in [0.717, 1.165) is 12.1 Å². The summed E-state index contributed by atoms with van der Waals surface area (Å²) in [5, 5.41) is 3.74. The van der Waals surface area contributed by atoms with Crippen molar-refractivity contribution < 1.29 is 0 Å². The van der Waals surface area contributed by atoms with Crippen LogP contribution in [-0.2, 0) is 0 Å². The first-order valence-electron chi connectivity index (χ1n) is 4.96. The van der Waals surface area contributed by atoms with Crippen LogP contribution in [0.15, 0.2) is 28.6 Å². The minimum Gasteiger partial charge on any atom is -0.319 e. The normalized spacial score (nSPS) is 13.2. The average Bonchev–Trinajstić information content (AvgIpc) is 2.59. The maximum absolute atomic E-state index is 4.59. The summed E-state index contributed by atoms with van der Waals surface area (Å²) in [6.07, 6.45) is 0. The number of fused-ring (bicyclic) bond motifs is 1. The monoisotopic (exact) mass is 238 g/mol. The van der Waals surface area contributed by atoms with Gasteiger partial charge in [-0.1, -0.05) is 30.8 Å². The highest BCUT2D eigenvalue weighted by molar-refractivity contribution is 8.01. The highest BCUT2D eigenvalue weighted by atomic mass is 32.2. The summed E-state index contributed by atoms with van der Waals surface area (Å²) < 4.78 is 2.44. The van der Waals surface area contributed by atoms with Crippen molar-refractivity contribution in [3.05, 3.63) is 24.3 Å². The number of para-hydroxylation sites is 1. The molecule has 0 aliphatic carbocycles. The zero-order chi connectivity index (χ0) is 10.7. The molecule has 1 heterocycles. The molecule has 2 nitrogen and oxygen atoms in total. The van der Waals surface area contributed by atoms with E-state index in [4.69, 9.17) is 0 Å². The number of hydrogen-bond donors (Lipinski definition) is 1. The maximum Gasteiger partial charge on any atom is 0.151 e. The topological polar surface area (TPSA) is 24.9 Å². The summed E-state index contributed by atoms with van der Waals surface area (Å²) in [6, 6.07) is 8.29. The summed E-state index contributed by atoms with van der Waals surface area (Å²) >= 11 is 3.61. The van der Waals surface area contributed by atoms with Crippen molar-refractivity contribution in [2.24, 2.45) is 0 Å². The molecule has 0 saturated heterocycles. The smallest absolute Gasteiger partial charge is 0.151 e. The zero-order valence-corrected chi connectivity index (χ0v) is 10.5. The fourth-order valence-electron chi connectivity index (χ4n) is 1.40. The number of nitrogens with one attached hydrogen (secondary N) is 1. The second-order valence-electron chi connectivity index (χ2n) is 3.43.